The van der Waals surface area contributed by atoms with Crippen LogP contribution in [0.15, 0.2) is 34.1 Å². The molecular weight excluding hydrogens is 502 g/mol. The number of nitrogens with zero attached hydrogens (tertiary/aromatic N) is 2. The van der Waals surface area contributed by atoms with Gasteiger partial charge >= 0.3 is 0 Å². The molecule has 4 rings (SSSR count). The van der Waals surface area contributed by atoms with E-state index in [0.29, 0.717) is 17.8 Å². The average molecular weight is 535 g/mol. The first-order valence-electron chi connectivity index (χ1n) is 11.6. The minimum Gasteiger partial charge on any atom is -0.383 e. The van der Waals surface area contributed by atoms with Gasteiger partial charge in [-0.2, -0.15) is 0 Å². The first kappa shape index (κ1) is 24.4. The lowest BCUT2D eigenvalue weighted by atomic mass is 9.78. The van der Waals surface area contributed by atoms with Crippen molar-refractivity contribution in [3.63, 3.8) is 0 Å². The summed E-state index contributed by atoms with van der Waals surface area (Å²) in [6, 6.07) is 9.75. The number of fused-ring (bicyclic) bond motifs is 1. The number of likely N-dealkylation sites (N-methyl/N-ethyl adjacent to an activating group) is 1. The number of methoxy groups -OCH3 is 1. The number of benzene rings is 1. The third-order valence-corrected chi connectivity index (χ3v) is 8.55. The summed E-state index contributed by atoms with van der Waals surface area (Å²) in [4.78, 5) is 31.8. The van der Waals surface area contributed by atoms with E-state index < -0.39 is 5.41 Å². The van der Waals surface area contributed by atoms with Gasteiger partial charge in [-0.3, -0.25) is 9.59 Å². The summed E-state index contributed by atoms with van der Waals surface area (Å²) in [6.45, 7) is 4.87. The fourth-order valence-electron chi connectivity index (χ4n) is 5.14. The Kier molecular flexibility index (Phi) is 7.58. The van der Waals surface area contributed by atoms with Crippen molar-refractivity contribution in [3.8, 4) is 0 Å². The first-order valence-corrected chi connectivity index (χ1v) is 13.2. The van der Waals surface area contributed by atoms with Gasteiger partial charge < -0.3 is 19.9 Å². The van der Waals surface area contributed by atoms with Crippen LogP contribution in [0.5, 0.6) is 0 Å². The molecule has 0 aliphatic carbocycles. The van der Waals surface area contributed by atoms with Crippen molar-refractivity contribution in [1.29, 1.82) is 0 Å². The van der Waals surface area contributed by atoms with E-state index in [0.717, 1.165) is 41.8 Å². The van der Waals surface area contributed by atoms with E-state index in [-0.39, 0.29) is 24.5 Å². The standard InChI is InChI=1S/C25H32BrN3O3S/c1-4-11-25(16-32-3)21(27-23(30)20-7-8-22(26)33-20)15-29(24(25)31)19-6-5-17-9-12-28(2)13-10-18(17)14-19/h5-8,14,21H,4,9-13,15-16H2,1-3H3,(H,27,30)/t21-,25-/m0/s1. The van der Waals surface area contributed by atoms with Crippen molar-refractivity contribution >= 4 is 44.8 Å². The van der Waals surface area contributed by atoms with Gasteiger partial charge in [0, 0.05) is 32.4 Å². The Balaban J connectivity index is 1.65. The highest BCUT2D eigenvalue weighted by Crippen LogP contribution is 2.40. The SMILES string of the molecule is CCC[C@@]1(COC)C(=O)N(c2ccc3c(c2)CCN(C)CC3)C[C@@H]1NC(=O)c1ccc(Br)s1. The predicted molar refractivity (Wildman–Crippen MR) is 136 cm³/mol. The van der Waals surface area contributed by atoms with Gasteiger partial charge in [0.05, 0.1) is 26.7 Å². The number of ether oxygens (including phenoxy) is 1. The zero-order valence-corrected chi connectivity index (χ0v) is 21.9. The largest absolute Gasteiger partial charge is 0.383 e. The molecule has 0 bridgehead atoms. The highest BCUT2D eigenvalue weighted by Gasteiger charge is 2.54. The predicted octanol–water partition coefficient (Wildman–Crippen LogP) is 4.12. The summed E-state index contributed by atoms with van der Waals surface area (Å²) in [6.07, 6.45) is 3.49. The molecule has 33 heavy (non-hydrogen) atoms. The van der Waals surface area contributed by atoms with Gasteiger partial charge in [-0.05, 0) is 77.6 Å². The molecule has 1 aromatic carbocycles. The highest BCUT2D eigenvalue weighted by molar-refractivity contribution is 9.11. The Morgan fingerprint density at radius 2 is 2.00 bits per heavy atom. The van der Waals surface area contributed by atoms with Crippen LogP contribution in [-0.2, 0) is 22.4 Å². The number of thiophene rings is 1. The molecule has 1 aromatic heterocycles. The van der Waals surface area contributed by atoms with Crippen molar-refractivity contribution in [2.24, 2.45) is 5.41 Å². The molecule has 2 atom stereocenters. The van der Waals surface area contributed by atoms with Crippen LogP contribution in [0.1, 0.15) is 40.6 Å². The number of carbonyl (C=O) groups excluding carboxylic acids is 2. The van der Waals surface area contributed by atoms with E-state index in [1.54, 1.807) is 13.2 Å². The molecule has 2 aromatic rings. The van der Waals surface area contributed by atoms with E-state index >= 15 is 0 Å². The lowest BCUT2D eigenvalue weighted by molar-refractivity contribution is -0.129. The third kappa shape index (κ3) is 4.90. The minimum absolute atomic E-state index is 0.0366. The molecule has 2 aliphatic heterocycles. The summed E-state index contributed by atoms with van der Waals surface area (Å²) in [7, 11) is 3.78. The van der Waals surface area contributed by atoms with Gasteiger partial charge in [0.25, 0.3) is 5.91 Å². The van der Waals surface area contributed by atoms with E-state index in [2.05, 4.69) is 58.3 Å². The van der Waals surface area contributed by atoms with Gasteiger partial charge in [-0.25, -0.2) is 0 Å². The molecule has 1 saturated heterocycles. The fraction of sp³-hybridized carbons (Fsp3) is 0.520. The maximum absolute atomic E-state index is 13.9. The maximum atomic E-state index is 13.9. The first-order chi connectivity index (χ1) is 15.9. The number of hydrogen-bond acceptors (Lipinski definition) is 5. The number of hydrogen-bond donors (Lipinski definition) is 1. The van der Waals surface area contributed by atoms with E-state index in [4.69, 9.17) is 4.74 Å². The van der Waals surface area contributed by atoms with Crippen molar-refractivity contribution < 1.29 is 14.3 Å². The Labute approximate surface area is 208 Å². The summed E-state index contributed by atoms with van der Waals surface area (Å²) in [5.74, 6) is -0.110. The van der Waals surface area contributed by atoms with E-state index in [1.165, 1.54) is 22.5 Å². The average Bonchev–Trinajstić information content (AvgIpc) is 3.27. The highest BCUT2D eigenvalue weighted by atomic mass is 79.9. The monoisotopic (exact) mass is 533 g/mol. The van der Waals surface area contributed by atoms with E-state index in [1.807, 2.05) is 11.0 Å². The minimum atomic E-state index is -0.777. The van der Waals surface area contributed by atoms with Crippen molar-refractivity contribution in [2.45, 2.75) is 38.6 Å². The number of amides is 2. The van der Waals surface area contributed by atoms with Crippen LogP contribution in [0.25, 0.3) is 0 Å². The van der Waals surface area contributed by atoms with Crippen LogP contribution in [0, 0.1) is 5.41 Å². The Hall–Kier alpha value is -1.74. The van der Waals surface area contributed by atoms with Crippen molar-refractivity contribution in [3.05, 3.63) is 50.1 Å². The molecule has 8 heteroatoms. The van der Waals surface area contributed by atoms with Crippen LogP contribution >= 0.6 is 27.3 Å². The van der Waals surface area contributed by atoms with Crippen molar-refractivity contribution in [1.82, 2.24) is 10.2 Å². The Bertz CT molecular complexity index is 1020. The molecule has 0 radical (unpaired) electrons. The number of nitrogens with one attached hydrogen (secondary N) is 1. The topological polar surface area (TPSA) is 61.9 Å². The molecule has 0 saturated carbocycles. The second kappa shape index (κ2) is 10.3. The number of rotatable bonds is 7. The smallest absolute Gasteiger partial charge is 0.261 e. The number of halogens is 1. The quantitative estimate of drug-likeness (QED) is 0.581. The van der Waals surface area contributed by atoms with Gasteiger partial charge in [-0.1, -0.05) is 19.4 Å². The zero-order valence-electron chi connectivity index (χ0n) is 19.5. The third-order valence-electron chi connectivity index (χ3n) is 6.93. The molecule has 3 heterocycles. The molecule has 2 aliphatic rings. The summed E-state index contributed by atoms with van der Waals surface area (Å²) < 4.78 is 6.47. The summed E-state index contributed by atoms with van der Waals surface area (Å²) >= 11 is 4.82. The van der Waals surface area contributed by atoms with E-state index in [9.17, 15) is 9.59 Å². The van der Waals surface area contributed by atoms with Gasteiger partial charge in [0.2, 0.25) is 5.91 Å². The maximum Gasteiger partial charge on any atom is 0.261 e. The number of carbonyl (C=O) groups is 2. The fourth-order valence-corrected chi connectivity index (χ4v) is 6.43. The lowest BCUT2D eigenvalue weighted by Gasteiger charge is -2.32. The molecule has 0 unspecified atom stereocenters. The van der Waals surface area contributed by atoms with Crippen LogP contribution in [0.3, 0.4) is 0 Å². The second-order valence-electron chi connectivity index (χ2n) is 9.14. The molecule has 178 valence electrons. The van der Waals surface area contributed by atoms with Crippen LogP contribution in [0.4, 0.5) is 5.69 Å². The normalized spacial score (nSPS) is 23.5. The summed E-state index contributed by atoms with van der Waals surface area (Å²) in [5.41, 5.74) is 2.81. The van der Waals surface area contributed by atoms with Crippen LogP contribution < -0.4 is 10.2 Å². The Morgan fingerprint density at radius 3 is 2.67 bits per heavy atom. The Morgan fingerprint density at radius 1 is 1.24 bits per heavy atom. The molecule has 2 amide bonds. The van der Waals surface area contributed by atoms with Crippen molar-refractivity contribution in [2.75, 3.05) is 45.3 Å². The van der Waals surface area contributed by atoms with Gasteiger partial charge in [0.1, 0.15) is 0 Å². The molecular formula is C25H32BrN3O3S. The van der Waals surface area contributed by atoms with Gasteiger partial charge in [0.15, 0.2) is 0 Å². The number of anilines is 1. The second-order valence-corrected chi connectivity index (χ2v) is 11.6. The molecule has 6 nitrogen and oxygen atoms in total. The van der Waals surface area contributed by atoms with Crippen LogP contribution in [0.2, 0.25) is 0 Å². The van der Waals surface area contributed by atoms with Crippen LogP contribution in [-0.4, -0.2) is 63.2 Å². The lowest BCUT2D eigenvalue weighted by Crippen LogP contribution is -2.50. The van der Waals surface area contributed by atoms with Gasteiger partial charge in [-0.15, -0.1) is 11.3 Å². The molecule has 1 fully saturated rings. The summed E-state index contributed by atoms with van der Waals surface area (Å²) in [5, 5.41) is 3.18. The zero-order chi connectivity index (χ0) is 23.6. The molecule has 0 spiro atoms. The molecule has 1 N–H and O–H groups in total.